The van der Waals surface area contributed by atoms with Crippen molar-refractivity contribution in [1.82, 2.24) is 3.96 Å². The highest BCUT2D eigenvalue weighted by Crippen LogP contribution is 2.20. The number of hydrogen-bond donors (Lipinski definition) is 1. The number of anilines is 1. The fourth-order valence-corrected chi connectivity index (χ4v) is 3.20. The fourth-order valence-electron chi connectivity index (χ4n) is 2.26. The Morgan fingerprint density at radius 3 is 2.67 bits per heavy atom. The zero-order chi connectivity index (χ0) is 14.8. The van der Waals surface area contributed by atoms with Crippen LogP contribution in [0.3, 0.4) is 0 Å². The predicted molar refractivity (Wildman–Crippen MR) is 85.9 cm³/mol. The first-order valence-corrected chi connectivity index (χ1v) is 7.36. The van der Waals surface area contributed by atoms with Crippen LogP contribution in [0, 0.1) is 0 Å². The average Bonchev–Trinajstić information content (AvgIpc) is 2.76. The molecule has 1 aromatic heterocycles. The quantitative estimate of drug-likeness (QED) is 0.808. The Morgan fingerprint density at radius 2 is 1.95 bits per heavy atom. The second-order valence-electron chi connectivity index (χ2n) is 4.81. The zero-order valence-electron chi connectivity index (χ0n) is 11.5. The van der Waals surface area contributed by atoms with Crippen molar-refractivity contribution in [1.29, 1.82) is 0 Å². The molecule has 3 aromatic rings. The van der Waals surface area contributed by atoms with E-state index in [1.165, 1.54) is 18.5 Å². The van der Waals surface area contributed by atoms with Crippen LogP contribution in [0.4, 0.5) is 5.69 Å². The SMILES string of the molecule is CC(=O)Nc1ccc2c(c1)c(=O)sn2Cc1ccccc1. The summed E-state index contributed by atoms with van der Waals surface area (Å²) < 4.78 is 1.98. The number of carbonyl (C=O) groups excluding carboxylic acids is 1. The second kappa shape index (κ2) is 5.54. The number of nitrogens with one attached hydrogen (secondary N) is 1. The van der Waals surface area contributed by atoms with Crippen LogP contribution in [0.1, 0.15) is 12.5 Å². The Labute approximate surface area is 125 Å². The van der Waals surface area contributed by atoms with Crippen LogP contribution in [0.25, 0.3) is 10.9 Å². The third-order valence-corrected chi connectivity index (χ3v) is 4.10. The van der Waals surface area contributed by atoms with Gasteiger partial charge in [-0.05, 0) is 35.3 Å². The summed E-state index contributed by atoms with van der Waals surface area (Å²) in [7, 11) is 0. The van der Waals surface area contributed by atoms with Gasteiger partial charge in [0.05, 0.1) is 17.4 Å². The van der Waals surface area contributed by atoms with Crippen molar-refractivity contribution >= 4 is 34.0 Å². The molecule has 0 spiro atoms. The topological polar surface area (TPSA) is 51.1 Å². The molecule has 4 nitrogen and oxygen atoms in total. The first kappa shape index (κ1) is 13.6. The normalized spacial score (nSPS) is 10.7. The van der Waals surface area contributed by atoms with Crippen LogP contribution in [0.2, 0.25) is 0 Å². The van der Waals surface area contributed by atoms with Crippen LogP contribution >= 0.6 is 11.5 Å². The molecule has 3 rings (SSSR count). The van der Waals surface area contributed by atoms with Gasteiger partial charge in [-0.3, -0.25) is 13.5 Å². The molecule has 2 aromatic carbocycles. The minimum atomic E-state index is -0.144. The van der Waals surface area contributed by atoms with E-state index in [1.54, 1.807) is 6.07 Å². The standard InChI is InChI=1S/C16H14N2O2S/c1-11(19)17-13-7-8-15-14(9-13)16(20)21-18(15)10-12-5-3-2-4-6-12/h2-9H,10H2,1H3,(H,17,19). The van der Waals surface area contributed by atoms with Gasteiger partial charge in [0.25, 0.3) is 4.74 Å². The van der Waals surface area contributed by atoms with Gasteiger partial charge < -0.3 is 5.32 Å². The van der Waals surface area contributed by atoms with Crippen molar-refractivity contribution in [2.45, 2.75) is 13.5 Å². The predicted octanol–water partition coefficient (Wildman–Crippen LogP) is 3.07. The molecule has 0 atom stereocenters. The molecule has 0 saturated heterocycles. The molecule has 0 saturated carbocycles. The van der Waals surface area contributed by atoms with Crippen LogP contribution < -0.4 is 10.1 Å². The number of fused-ring (bicyclic) bond motifs is 1. The molecule has 5 heteroatoms. The van der Waals surface area contributed by atoms with E-state index in [9.17, 15) is 9.59 Å². The van der Waals surface area contributed by atoms with Crippen molar-refractivity contribution in [3.63, 3.8) is 0 Å². The van der Waals surface area contributed by atoms with Gasteiger partial charge in [0.1, 0.15) is 0 Å². The number of benzene rings is 2. The molecular weight excluding hydrogens is 284 g/mol. The molecule has 0 bridgehead atoms. The molecule has 0 aliphatic carbocycles. The molecule has 0 unspecified atom stereocenters. The summed E-state index contributed by atoms with van der Waals surface area (Å²) >= 11 is 1.20. The Kier molecular flexibility index (Phi) is 3.58. The Morgan fingerprint density at radius 1 is 1.19 bits per heavy atom. The van der Waals surface area contributed by atoms with Crippen molar-refractivity contribution in [2.24, 2.45) is 0 Å². The summed E-state index contributed by atoms with van der Waals surface area (Å²) in [4.78, 5) is 23.2. The molecule has 0 fully saturated rings. The van der Waals surface area contributed by atoms with E-state index in [0.29, 0.717) is 17.6 Å². The molecule has 106 valence electrons. The maximum Gasteiger partial charge on any atom is 0.257 e. The molecular formula is C16H14N2O2S. The van der Waals surface area contributed by atoms with Gasteiger partial charge in [-0.1, -0.05) is 30.3 Å². The van der Waals surface area contributed by atoms with Crippen LogP contribution in [0.15, 0.2) is 53.3 Å². The summed E-state index contributed by atoms with van der Waals surface area (Å²) in [5.41, 5.74) is 2.69. The van der Waals surface area contributed by atoms with Crippen molar-refractivity contribution < 1.29 is 4.79 Å². The van der Waals surface area contributed by atoms with E-state index in [1.807, 2.05) is 46.4 Å². The largest absolute Gasteiger partial charge is 0.326 e. The lowest BCUT2D eigenvalue weighted by Gasteiger charge is -2.05. The van der Waals surface area contributed by atoms with E-state index in [0.717, 1.165) is 11.1 Å². The maximum atomic E-state index is 12.1. The monoisotopic (exact) mass is 298 g/mol. The minimum Gasteiger partial charge on any atom is -0.326 e. The van der Waals surface area contributed by atoms with E-state index < -0.39 is 0 Å². The molecule has 0 aliphatic heterocycles. The van der Waals surface area contributed by atoms with Gasteiger partial charge in [0.2, 0.25) is 5.91 Å². The van der Waals surface area contributed by atoms with Crippen molar-refractivity contribution in [3.05, 3.63) is 63.6 Å². The third kappa shape index (κ3) is 2.87. The highest BCUT2D eigenvalue weighted by atomic mass is 32.1. The van der Waals surface area contributed by atoms with E-state index in [2.05, 4.69) is 5.32 Å². The number of amides is 1. The molecule has 1 amide bonds. The minimum absolute atomic E-state index is 0.00753. The van der Waals surface area contributed by atoms with E-state index in [4.69, 9.17) is 0 Å². The van der Waals surface area contributed by atoms with Gasteiger partial charge in [-0.2, -0.15) is 0 Å². The lowest BCUT2D eigenvalue weighted by molar-refractivity contribution is -0.114. The van der Waals surface area contributed by atoms with Crippen molar-refractivity contribution in [3.8, 4) is 0 Å². The summed E-state index contributed by atoms with van der Waals surface area (Å²) in [5.74, 6) is -0.144. The Hall–Kier alpha value is -2.40. The van der Waals surface area contributed by atoms with Gasteiger partial charge in [-0.25, -0.2) is 0 Å². The number of hydrogen-bond acceptors (Lipinski definition) is 3. The third-order valence-electron chi connectivity index (χ3n) is 3.17. The smallest absolute Gasteiger partial charge is 0.257 e. The van der Waals surface area contributed by atoms with Gasteiger partial charge in [-0.15, -0.1) is 0 Å². The molecule has 0 aliphatic rings. The fraction of sp³-hybridized carbons (Fsp3) is 0.125. The average molecular weight is 298 g/mol. The molecule has 0 radical (unpaired) electrons. The number of aromatic nitrogens is 1. The van der Waals surface area contributed by atoms with Crippen molar-refractivity contribution in [2.75, 3.05) is 5.32 Å². The summed E-state index contributed by atoms with van der Waals surface area (Å²) in [6.45, 7) is 2.12. The highest BCUT2D eigenvalue weighted by molar-refractivity contribution is 7.05. The van der Waals surface area contributed by atoms with Gasteiger partial charge >= 0.3 is 0 Å². The molecule has 1 heterocycles. The zero-order valence-corrected chi connectivity index (χ0v) is 12.3. The Bertz CT molecular complexity index is 850. The lowest BCUT2D eigenvalue weighted by Crippen LogP contribution is -2.05. The van der Waals surface area contributed by atoms with Crippen LogP contribution in [-0.2, 0) is 11.3 Å². The maximum absolute atomic E-state index is 12.1. The first-order valence-electron chi connectivity index (χ1n) is 6.59. The van der Waals surface area contributed by atoms with Gasteiger partial charge in [0.15, 0.2) is 0 Å². The van der Waals surface area contributed by atoms with Crippen LogP contribution in [-0.4, -0.2) is 9.86 Å². The summed E-state index contributed by atoms with van der Waals surface area (Å²) in [6.07, 6.45) is 0. The summed E-state index contributed by atoms with van der Waals surface area (Å²) in [5, 5.41) is 3.34. The molecule has 21 heavy (non-hydrogen) atoms. The Balaban J connectivity index is 2.01. The van der Waals surface area contributed by atoms with E-state index in [-0.39, 0.29) is 10.6 Å². The number of carbonyl (C=O) groups is 1. The lowest BCUT2D eigenvalue weighted by atomic mass is 10.2. The molecule has 1 N–H and O–H groups in total. The second-order valence-corrected chi connectivity index (χ2v) is 5.81. The van der Waals surface area contributed by atoms with Gasteiger partial charge in [0, 0.05) is 12.6 Å². The van der Waals surface area contributed by atoms with Crippen LogP contribution in [0.5, 0.6) is 0 Å². The number of rotatable bonds is 3. The number of nitrogens with zero attached hydrogens (tertiary/aromatic N) is 1. The summed E-state index contributed by atoms with van der Waals surface area (Å²) in [6, 6.07) is 15.4. The first-order chi connectivity index (χ1) is 10.1. The van der Waals surface area contributed by atoms with E-state index >= 15 is 0 Å². The highest BCUT2D eigenvalue weighted by Gasteiger charge is 2.09.